The number of hydrogen-bond acceptors (Lipinski definition) is 5. The van der Waals surface area contributed by atoms with Crippen LogP contribution in [0.4, 0.5) is 19.0 Å². The van der Waals surface area contributed by atoms with Crippen molar-refractivity contribution in [2.75, 3.05) is 31.1 Å². The van der Waals surface area contributed by atoms with Gasteiger partial charge in [0.2, 0.25) is 5.88 Å². The number of hydrogen-bond donors (Lipinski definition) is 0. The summed E-state index contributed by atoms with van der Waals surface area (Å²) >= 11 is 6.00. The number of amides is 1. The summed E-state index contributed by atoms with van der Waals surface area (Å²) in [5, 5.41) is 0.581. The number of aryl methyl sites for hydroxylation is 1. The Morgan fingerprint density at radius 2 is 1.82 bits per heavy atom. The number of rotatable bonds is 4. The van der Waals surface area contributed by atoms with E-state index in [0.29, 0.717) is 48.3 Å². The summed E-state index contributed by atoms with van der Waals surface area (Å²) in [4.78, 5) is 24.9. The number of ether oxygens (including phenoxy) is 1. The van der Waals surface area contributed by atoms with E-state index in [4.69, 9.17) is 16.3 Å². The van der Waals surface area contributed by atoms with Crippen molar-refractivity contribution < 1.29 is 22.7 Å². The molecule has 1 fully saturated rings. The number of anilines is 1. The highest BCUT2D eigenvalue weighted by Gasteiger charge is 2.31. The first kappa shape index (κ1) is 22.8. The molecule has 0 aliphatic carbocycles. The minimum Gasteiger partial charge on any atom is -0.438 e. The predicted molar refractivity (Wildman–Crippen MR) is 118 cm³/mol. The number of pyridine rings is 2. The van der Waals surface area contributed by atoms with Crippen molar-refractivity contribution >= 4 is 23.3 Å². The number of nitrogens with zero attached hydrogens (tertiary/aromatic N) is 4. The second kappa shape index (κ2) is 9.27. The molecular weight excluding hydrogens is 457 g/mol. The van der Waals surface area contributed by atoms with Crippen LogP contribution in [0.15, 0.2) is 54.9 Å². The zero-order valence-corrected chi connectivity index (χ0v) is 18.4. The van der Waals surface area contributed by atoms with Crippen molar-refractivity contribution in [2.45, 2.75) is 13.1 Å². The lowest BCUT2D eigenvalue weighted by Gasteiger charge is -2.35. The number of carbonyl (C=O) groups excluding carboxylic acids is 1. The minimum absolute atomic E-state index is 0.194. The maximum Gasteiger partial charge on any atom is 0.417 e. The highest BCUT2D eigenvalue weighted by molar-refractivity contribution is 6.30. The number of benzene rings is 1. The number of alkyl halides is 3. The van der Waals surface area contributed by atoms with Crippen LogP contribution in [0.25, 0.3) is 0 Å². The number of aromatic nitrogens is 2. The molecule has 4 rings (SSSR count). The average molecular weight is 477 g/mol. The van der Waals surface area contributed by atoms with Crippen LogP contribution in [0.1, 0.15) is 21.5 Å². The molecule has 0 N–H and O–H groups in total. The maximum absolute atomic E-state index is 13.2. The zero-order chi connectivity index (χ0) is 23.6. The lowest BCUT2D eigenvalue weighted by atomic mass is 10.2. The second-order valence-electron chi connectivity index (χ2n) is 7.55. The Bertz CT molecular complexity index is 1150. The van der Waals surface area contributed by atoms with Crippen LogP contribution in [-0.2, 0) is 6.18 Å². The fourth-order valence-corrected chi connectivity index (χ4v) is 3.74. The van der Waals surface area contributed by atoms with Gasteiger partial charge in [0.05, 0.1) is 5.56 Å². The van der Waals surface area contributed by atoms with Gasteiger partial charge in [0.1, 0.15) is 17.1 Å². The Labute approximate surface area is 193 Å². The fourth-order valence-electron chi connectivity index (χ4n) is 3.52. The molecule has 1 aromatic carbocycles. The molecule has 10 heteroatoms. The van der Waals surface area contributed by atoms with Crippen LogP contribution in [-0.4, -0.2) is 47.0 Å². The van der Waals surface area contributed by atoms with Crippen LogP contribution in [0.2, 0.25) is 5.02 Å². The van der Waals surface area contributed by atoms with Gasteiger partial charge >= 0.3 is 6.18 Å². The third kappa shape index (κ3) is 5.19. The molecule has 1 aliphatic rings. The van der Waals surface area contributed by atoms with E-state index >= 15 is 0 Å². The fraction of sp³-hybridized carbons (Fsp3) is 0.261. The molecule has 1 saturated heterocycles. The molecule has 0 atom stereocenters. The molecule has 2 aromatic heterocycles. The largest absolute Gasteiger partial charge is 0.438 e. The number of halogens is 4. The van der Waals surface area contributed by atoms with Gasteiger partial charge in [-0.1, -0.05) is 11.6 Å². The number of carbonyl (C=O) groups is 1. The molecule has 33 heavy (non-hydrogen) atoms. The van der Waals surface area contributed by atoms with Gasteiger partial charge in [-0.2, -0.15) is 13.2 Å². The van der Waals surface area contributed by atoms with Gasteiger partial charge in [-0.3, -0.25) is 4.79 Å². The van der Waals surface area contributed by atoms with Gasteiger partial charge < -0.3 is 14.5 Å². The Morgan fingerprint density at radius 1 is 1.06 bits per heavy atom. The van der Waals surface area contributed by atoms with Crippen molar-refractivity contribution in [2.24, 2.45) is 0 Å². The van der Waals surface area contributed by atoms with Gasteiger partial charge in [0.25, 0.3) is 5.91 Å². The monoisotopic (exact) mass is 476 g/mol. The third-order valence-corrected chi connectivity index (χ3v) is 5.55. The van der Waals surface area contributed by atoms with Gasteiger partial charge in [-0.05, 0) is 55.0 Å². The SMILES string of the molecule is Cc1cc(Cl)ccc1Oc1ncccc1C(=O)N1CCN(c2ccc(C(F)(F)F)cn2)CC1. The average Bonchev–Trinajstić information content (AvgIpc) is 2.80. The summed E-state index contributed by atoms with van der Waals surface area (Å²) in [5.41, 5.74) is 0.345. The van der Waals surface area contributed by atoms with Crippen molar-refractivity contribution in [1.29, 1.82) is 0 Å². The first-order valence-corrected chi connectivity index (χ1v) is 10.6. The number of piperazine rings is 1. The van der Waals surface area contributed by atoms with Crippen LogP contribution in [0, 0.1) is 6.92 Å². The molecule has 0 radical (unpaired) electrons. The van der Waals surface area contributed by atoms with Gasteiger partial charge in [0, 0.05) is 43.6 Å². The zero-order valence-electron chi connectivity index (χ0n) is 17.6. The van der Waals surface area contributed by atoms with E-state index in [2.05, 4.69) is 9.97 Å². The molecule has 172 valence electrons. The summed E-state index contributed by atoms with van der Waals surface area (Å²) in [7, 11) is 0. The molecule has 1 amide bonds. The van der Waals surface area contributed by atoms with Crippen molar-refractivity contribution in [1.82, 2.24) is 14.9 Å². The Kier molecular flexibility index (Phi) is 6.42. The lowest BCUT2D eigenvalue weighted by molar-refractivity contribution is -0.137. The Balaban J connectivity index is 1.44. The third-order valence-electron chi connectivity index (χ3n) is 5.31. The smallest absolute Gasteiger partial charge is 0.417 e. The van der Waals surface area contributed by atoms with Gasteiger partial charge in [0.15, 0.2) is 0 Å². The highest BCUT2D eigenvalue weighted by atomic mass is 35.5. The van der Waals surface area contributed by atoms with E-state index in [1.807, 2.05) is 11.8 Å². The molecule has 0 spiro atoms. The van der Waals surface area contributed by atoms with E-state index in [0.717, 1.165) is 17.8 Å². The quantitative estimate of drug-likeness (QED) is 0.517. The van der Waals surface area contributed by atoms with Crippen LogP contribution < -0.4 is 9.64 Å². The molecule has 3 heterocycles. The Hall–Kier alpha value is -3.33. The first-order valence-electron chi connectivity index (χ1n) is 10.2. The molecule has 6 nitrogen and oxygen atoms in total. The van der Waals surface area contributed by atoms with Crippen molar-refractivity contribution in [3.8, 4) is 11.6 Å². The van der Waals surface area contributed by atoms with Crippen LogP contribution in [0.5, 0.6) is 11.6 Å². The van der Waals surface area contributed by atoms with Crippen LogP contribution in [0.3, 0.4) is 0 Å². The van der Waals surface area contributed by atoms with E-state index < -0.39 is 11.7 Å². The lowest BCUT2D eigenvalue weighted by Crippen LogP contribution is -2.49. The van der Waals surface area contributed by atoms with Crippen LogP contribution >= 0.6 is 11.6 Å². The minimum atomic E-state index is -4.43. The van der Waals surface area contributed by atoms with Crippen molar-refractivity contribution in [3.63, 3.8) is 0 Å². The van der Waals surface area contributed by atoms with Gasteiger partial charge in [-0.25, -0.2) is 9.97 Å². The summed E-state index contributed by atoms with van der Waals surface area (Å²) in [5.74, 6) is 0.952. The summed E-state index contributed by atoms with van der Waals surface area (Å²) in [6.45, 7) is 3.50. The molecule has 3 aromatic rings. The molecule has 0 unspecified atom stereocenters. The summed E-state index contributed by atoms with van der Waals surface area (Å²) in [6, 6.07) is 10.9. The van der Waals surface area contributed by atoms with E-state index in [1.54, 1.807) is 41.4 Å². The van der Waals surface area contributed by atoms with E-state index in [-0.39, 0.29) is 11.8 Å². The standard InChI is InChI=1S/C23H20ClF3N4O2/c1-15-13-17(24)5-6-19(15)33-21-18(3-2-8-28-21)22(32)31-11-9-30(10-12-31)20-7-4-16(14-29-20)23(25,26)27/h2-8,13-14H,9-12H2,1H3. The highest BCUT2D eigenvalue weighted by Crippen LogP contribution is 2.30. The molecule has 1 aliphatic heterocycles. The molecule has 0 saturated carbocycles. The van der Waals surface area contributed by atoms with Crippen molar-refractivity contribution in [3.05, 3.63) is 76.6 Å². The first-order chi connectivity index (χ1) is 15.7. The second-order valence-corrected chi connectivity index (χ2v) is 7.99. The topological polar surface area (TPSA) is 58.6 Å². The van der Waals surface area contributed by atoms with E-state index in [9.17, 15) is 18.0 Å². The Morgan fingerprint density at radius 3 is 2.45 bits per heavy atom. The van der Waals surface area contributed by atoms with E-state index in [1.165, 1.54) is 6.07 Å². The summed E-state index contributed by atoms with van der Waals surface area (Å²) < 4.78 is 44.2. The molecular formula is C23H20ClF3N4O2. The predicted octanol–water partition coefficient (Wildman–Crippen LogP) is 5.21. The van der Waals surface area contributed by atoms with Gasteiger partial charge in [-0.15, -0.1) is 0 Å². The molecule has 0 bridgehead atoms. The maximum atomic E-state index is 13.2. The summed E-state index contributed by atoms with van der Waals surface area (Å²) in [6.07, 6.45) is -2.05. The normalized spacial score (nSPS) is 14.3.